The summed E-state index contributed by atoms with van der Waals surface area (Å²) >= 11 is 5.99. The first-order chi connectivity index (χ1) is 10.2. The normalized spacial score (nSPS) is 17.9. The number of halogens is 1. The third kappa shape index (κ3) is 2.10. The van der Waals surface area contributed by atoms with Crippen molar-refractivity contribution >= 4 is 17.2 Å². The van der Waals surface area contributed by atoms with Crippen LogP contribution < -0.4 is 0 Å². The van der Waals surface area contributed by atoms with Gasteiger partial charge in [0, 0.05) is 12.0 Å². The Balaban J connectivity index is 1.78. The largest absolute Gasteiger partial charge is 0.266 e. The van der Waals surface area contributed by atoms with Crippen LogP contribution in [-0.4, -0.2) is 19.6 Å². The number of aryl methyl sites for hydroxylation is 2. The van der Waals surface area contributed by atoms with E-state index in [1.54, 1.807) is 6.07 Å². The smallest absolute Gasteiger partial charge is 0.165 e. The van der Waals surface area contributed by atoms with E-state index in [1.165, 1.54) is 11.1 Å². The molecule has 2 aromatic heterocycles. The van der Waals surface area contributed by atoms with Gasteiger partial charge in [0.2, 0.25) is 0 Å². The van der Waals surface area contributed by atoms with Crippen LogP contribution in [0.5, 0.6) is 0 Å². The number of aromatic nitrogens is 4. The summed E-state index contributed by atoms with van der Waals surface area (Å²) in [6.45, 7) is 1.95. The second kappa shape index (κ2) is 4.81. The molecule has 1 unspecified atom stereocenters. The maximum atomic E-state index is 5.99. The maximum Gasteiger partial charge on any atom is 0.165 e. The van der Waals surface area contributed by atoms with Gasteiger partial charge in [-0.3, -0.25) is 4.40 Å². The fourth-order valence-corrected chi connectivity index (χ4v) is 3.48. The first kappa shape index (κ1) is 12.8. The van der Waals surface area contributed by atoms with Crippen molar-refractivity contribution in [2.45, 2.75) is 32.1 Å². The molecule has 3 aromatic rings. The molecule has 0 saturated heterocycles. The molecule has 2 heterocycles. The quantitative estimate of drug-likeness (QED) is 0.647. The molecule has 0 amide bonds. The van der Waals surface area contributed by atoms with Crippen LogP contribution in [0.4, 0.5) is 0 Å². The predicted octanol–water partition coefficient (Wildman–Crippen LogP) is 3.36. The van der Waals surface area contributed by atoms with Crippen LogP contribution in [0, 0.1) is 6.92 Å². The molecular formula is C16H15ClN4. The Morgan fingerprint density at radius 3 is 2.86 bits per heavy atom. The molecule has 1 aliphatic carbocycles. The van der Waals surface area contributed by atoms with Gasteiger partial charge in [-0.15, -0.1) is 10.2 Å². The number of hydrogen-bond acceptors (Lipinski definition) is 3. The molecule has 0 N–H and O–H groups in total. The first-order valence-electron chi connectivity index (χ1n) is 7.17. The summed E-state index contributed by atoms with van der Waals surface area (Å²) in [5, 5.41) is 9.13. The van der Waals surface area contributed by atoms with Crippen LogP contribution in [0.3, 0.4) is 0 Å². The van der Waals surface area contributed by atoms with E-state index >= 15 is 0 Å². The van der Waals surface area contributed by atoms with Crippen molar-refractivity contribution in [2.24, 2.45) is 0 Å². The Morgan fingerprint density at radius 2 is 2.00 bits per heavy atom. The lowest BCUT2D eigenvalue weighted by atomic mass is 9.83. The fourth-order valence-electron chi connectivity index (χ4n) is 3.26. The van der Waals surface area contributed by atoms with Crippen molar-refractivity contribution in [2.75, 3.05) is 0 Å². The molecule has 0 bridgehead atoms. The molecule has 0 fully saturated rings. The summed E-state index contributed by atoms with van der Waals surface area (Å²) < 4.78 is 2.03. The van der Waals surface area contributed by atoms with E-state index < -0.39 is 0 Å². The average molecular weight is 299 g/mol. The number of hydrogen-bond donors (Lipinski definition) is 0. The second-order valence-electron chi connectivity index (χ2n) is 5.59. The zero-order valence-electron chi connectivity index (χ0n) is 11.8. The van der Waals surface area contributed by atoms with Crippen LogP contribution in [0.2, 0.25) is 5.15 Å². The van der Waals surface area contributed by atoms with E-state index in [-0.39, 0.29) is 0 Å². The van der Waals surface area contributed by atoms with Gasteiger partial charge in [0.1, 0.15) is 16.8 Å². The standard InChI is InChI=1S/C16H15ClN4/c1-10-18-14(17)9-15-19-20-16(21(10)15)13-7-6-11-4-2-3-5-12(11)8-13/h2-5,9,13H,6-8H2,1H3. The van der Waals surface area contributed by atoms with Crippen LogP contribution in [0.1, 0.15) is 35.1 Å². The van der Waals surface area contributed by atoms with Gasteiger partial charge in [-0.05, 0) is 37.3 Å². The van der Waals surface area contributed by atoms with Gasteiger partial charge in [0.25, 0.3) is 0 Å². The Kier molecular flexibility index (Phi) is 2.93. The molecule has 0 spiro atoms. The van der Waals surface area contributed by atoms with Crippen molar-refractivity contribution in [1.82, 2.24) is 19.6 Å². The van der Waals surface area contributed by atoms with Crippen molar-refractivity contribution in [3.63, 3.8) is 0 Å². The number of benzene rings is 1. The minimum atomic E-state index is 0.386. The van der Waals surface area contributed by atoms with Gasteiger partial charge in [-0.25, -0.2) is 4.98 Å². The molecular weight excluding hydrogens is 284 g/mol. The summed E-state index contributed by atoms with van der Waals surface area (Å²) in [7, 11) is 0. The van der Waals surface area contributed by atoms with E-state index in [9.17, 15) is 0 Å². The lowest BCUT2D eigenvalue weighted by Gasteiger charge is -2.23. The highest BCUT2D eigenvalue weighted by Gasteiger charge is 2.24. The highest BCUT2D eigenvalue weighted by atomic mass is 35.5. The van der Waals surface area contributed by atoms with Gasteiger partial charge >= 0.3 is 0 Å². The van der Waals surface area contributed by atoms with Crippen molar-refractivity contribution < 1.29 is 0 Å². The number of fused-ring (bicyclic) bond motifs is 2. The zero-order chi connectivity index (χ0) is 14.4. The van der Waals surface area contributed by atoms with Gasteiger partial charge in [0.15, 0.2) is 5.65 Å². The van der Waals surface area contributed by atoms with E-state index in [2.05, 4.69) is 39.4 Å². The van der Waals surface area contributed by atoms with Crippen LogP contribution >= 0.6 is 11.6 Å². The van der Waals surface area contributed by atoms with Crippen molar-refractivity contribution in [1.29, 1.82) is 0 Å². The van der Waals surface area contributed by atoms with Gasteiger partial charge < -0.3 is 0 Å². The second-order valence-corrected chi connectivity index (χ2v) is 5.97. The average Bonchev–Trinajstić information content (AvgIpc) is 2.90. The number of rotatable bonds is 1. The molecule has 106 valence electrons. The minimum absolute atomic E-state index is 0.386. The van der Waals surface area contributed by atoms with Crippen LogP contribution in [0.15, 0.2) is 30.3 Å². The Hall–Kier alpha value is -1.94. The van der Waals surface area contributed by atoms with Crippen LogP contribution in [-0.2, 0) is 12.8 Å². The maximum absolute atomic E-state index is 5.99. The molecule has 4 nitrogen and oxygen atoms in total. The monoisotopic (exact) mass is 298 g/mol. The topological polar surface area (TPSA) is 43.1 Å². The van der Waals surface area contributed by atoms with Gasteiger partial charge in [-0.2, -0.15) is 0 Å². The lowest BCUT2D eigenvalue weighted by Crippen LogP contribution is -2.16. The summed E-state index contributed by atoms with van der Waals surface area (Å²) in [6, 6.07) is 10.4. The zero-order valence-corrected chi connectivity index (χ0v) is 12.5. The summed E-state index contributed by atoms with van der Waals surface area (Å²) in [5.74, 6) is 2.23. The molecule has 1 atom stereocenters. The number of nitrogens with zero attached hydrogens (tertiary/aromatic N) is 4. The van der Waals surface area contributed by atoms with E-state index in [4.69, 9.17) is 11.6 Å². The van der Waals surface area contributed by atoms with E-state index in [0.717, 1.165) is 36.6 Å². The molecule has 1 aliphatic rings. The fraction of sp³-hybridized carbons (Fsp3) is 0.312. The SMILES string of the molecule is Cc1nc(Cl)cc2nnc(C3CCc4ccccc4C3)n12. The highest BCUT2D eigenvalue weighted by Crippen LogP contribution is 2.32. The molecule has 21 heavy (non-hydrogen) atoms. The molecule has 0 radical (unpaired) electrons. The van der Waals surface area contributed by atoms with Crippen molar-refractivity contribution in [3.05, 3.63) is 58.3 Å². The first-order valence-corrected chi connectivity index (χ1v) is 7.55. The third-order valence-electron chi connectivity index (χ3n) is 4.27. The minimum Gasteiger partial charge on any atom is -0.266 e. The molecule has 4 rings (SSSR count). The highest BCUT2D eigenvalue weighted by molar-refractivity contribution is 6.29. The van der Waals surface area contributed by atoms with E-state index in [1.807, 2.05) is 11.3 Å². The summed E-state index contributed by atoms with van der Waals surface area (Å²) in [6.07, 6.45) is 3.20. The Labute approximate surface area is 127 Å². The Morgan fingerprint density at radius 1 is 1.19 bits per heavy atom. The van der Waals surface area contributed by atoms with Crippen LogP contribution in [0.25, 0.3) is 5.65 Å². The lowest BCUT2D eigenvalue weighted by molar-refractivity contribution is 0.547. The van der Waals surface area contributed by atoms with Crippen molar-refractivity contribution in [3.8, 4) is 0 Å². The summed E-state index contributed by atoms with van der Waals surface area (Å²) in [4.78, 5) is 4.32. The molecule has 0 aliphatic heterocycles. The van der Waals surface area contributed by atoms with E-state index in [0.29, 0.717) is 11.1 Å². The molecule has 0 saturated carbocycles. The van der Waals surface area contributed by atoms with Gasteiger partial charge in [-0.1, -0.05) is 35.9 Å². The van der Waals surface area contributed by atoms with Gasteiger partial charge in [0.05, 0.1) is 0 Å². The predicted molar refractivity (Wildman–Crippen MR) is 81.7 cm³/mol. The summed E-state index contributed by atoms with van der Waals surface area (Å²) in [5.41, 5.74) is 3.66. The Bertz CT molecular complexity index is 824. The molecule has 5 heteroatoms. The molecule has 1 aromatic carbocycles. The third-order valence-corrected chi connectivity index (χ3v) is 4.46.